The summed E-state index contributed by atoms with van der Waals surface area (Å²) in [6.07, 6.45) is 1.31. The first-order valence-electron chi connectivity index (χ1n) is 8.61. The van der Waals surface area contributed by atoms with Gasteiger partial charge in [0.1, 0.15) is 11.6 Å². The van der Waals surface area contributed by atoms with Crippen molar-refractivity contribution in [3.8, 4) is 17.6 Å². The fraction of sp³-hybridized carbons (Fsp3) is 0.143. The van der Waals surface area contributed by atoms with Gasteiger partial charge in [-0.15, -0.1) is 0 Å². The monoisotopic (exact) mass is 391 g/mol. The van der Waals surface area contributed by atoms with E-state index in [4.69, 9.17) is 14.7 Å². The van der Waals surface area contributed by atoms with E-state index in [0.29, 0.717) is 17.0 Å². The van der Waals surface area contributed by atoms with E-state index < -0.39 is 17.8 Å². The van der Waals surface area contributed by atoms with Gasteiger partial charge in [0.05, 0.1) is 12.8 Å². The van der Waals surface area contributed by atoms with Crippen molar-refractivity contribution >= 4 is 29.6 Å². The molecule has 1 N–H and O–H groups in total. The summed E-state index contributed by atoms with van der Waals surface area (Å²) in [4.78, 5) is 38.5. The average molecular weight is 391 g/mol. The fourth-order valence-corrected chi connectivity index (χ4v) is 2.81. The average Bonchev–Trinajstić information content (AvgIpc) is 2.71. The number of aryl methyl sites for hydroxylation is 1. The lowest BCUT2D eigenvalue weighted by Gasteiger charge is -2.26. The number of anilines is 1. The molecule has 1 aliphatic rings. The number of nitrogens with one attached hydrogen (secondary N) is 1. The third-order valence-corrected chi connectivity index (χ3v) is 4.20. The molecule has 3 rings (SSSR count). The quantitative estimate of drug-likeness (QED) is 0.620. The topological polar surface area (TPSA) is 109 Å². The molecular weight excluding hydrogens is 374 g/mol. The summed E-state index contributed by atoms with van der Waals surface area (Å²) in [7, 11) is 1.43. The first-order valence-corrected chi connectivity index (χ1v) is 8.61. The van der Waals surface area contributed by atoms with E-state index in [9.17, 15) is 14.4 Å². The minimum atomic E-state index is -0.826. The Kier molecular flexibility index (Phi) is 5.60. The molecule has 0 aliphatic carbocycles. The van der Waals surface area contributed by atoms with Gasteiger partial charge in [0.2, 0.25) is 0 Å². The lowest BCUT2D eigenvalue weighted by atomic mass is 10.1. The minimum absolute atomic E-state index is 0.212. The molecule has 0 unspecified atom stereocenters. The molecule has 2 aromatic carbocycles. The number of barbiturate groups is 1. The predicted octanol–water partition coefficient (Wildman–Crippen LogP) is 2.57. The van der Waals surface area contributed by atoms with Crippen LogP contribution in [0, 0.1) is 18.3 Å². The van der Waals surface area contributed by atoms with Crippen LogP contribution < -0.4 is 19.7 Å². The van der Waals surface area contributed by atoms with Gasteiger partial charge in [-0.2, -0.15) is 5.26 Å². The summed E-state index contributed by atoms with van der Waals surface area (Å²) in [5, 5.41) is 11.0. The molecule has 0 saturated carbocycles. The number of para-hydroxylation sites is 1. The van der Waals surface area contributed by atoms with Crippen LogP contribution in [0.3, 0.4) is 0 Å². The number of nitrogens with zero attached hydrogens (tertiary/aromatic N) is 2. The van der Waals surface area contributed by atoms with Crippen LogP contribution in [0.15, 0.2) is 48.0 Å². The third-order valence-electron chi connectivity index (χ3n) is 4.20. The van der Waals surface area contributed by atoms with E-state index in [1.165, 1.54) is 13.2 Å². The van der Waals surface area contributed by atoms with Crippen molar-refractivity contribution < 1.29 is 23.9 Å². The Morgan fingerprint density at radius 1 is 1.14 bits per heavy atom. The molecule has 4 amide bonds. The summed E-state index contributed by atoms with van der Waals surface area (Å²) in [6.45, 7) is 1.63. The summed E-state index contributed by atoms with van der Waals surface area (Å²) < 4.78 is 10.6. The van der Waals surface area contributed by atoms with Crippen molar-refractivity contribution in [1.29, 1.82) is 5.26 Å². The third kappa shape index (κ3) is 3.94. The standard InChI is InChI=1S/C21H17N3O5/c1-13-6-8-15(9-7-13)24-20(26)16(19(25)23-21(24)27)12-14-4-3-5-17(28-2)18(14)29-11-10-22/h3-9,12H,11H2,1-2H3,(H,23,25,27)/b16-12+. The van der Waals surface area contributed by atoms with Crippen LogP contribution in [-0.2, 0) is 9.59 Å². The van der Waals surface area contributed by atoms with Crippen molar-refractivity contribution in [1.82, 2.24) is 5.32 Å². The highest BCUT2D eigenvalue weighted by atomic mass is 16.5. The molecule has 29 heavy (non-hydrogen) atoms. The second-order valence-corrected chi connectivity index (χ2v) is 6.12. The number of nitriles is 1. The van der Waals surface area contributed by atoms with Gasteiger partial charge in [-0.3, -0.25) is 14.9 Å². The maximum absolute atomic E-state index is 13.0. The van der Waals surface area contributed by atoms with Crippen molar-refractivity contribution in [3.05, 3.63) is 59.2 Å². The number of carbonyl (C=O) groups is 3. The fourth-order valence-electron chi connectivity index (χ4n) is 2.81. The summed E-state index contributed by atoms with van der Waals surface area (Å²) in [5.41, 5.74) is 1.40. The van der Waals surface area contributed by atoms with Crippen LogP contribution in [0.2, 0.25) is 0 Å². The zero-order chi connectivity index (χ0) is 21.0. The highest BCUT2D eigenvalue weighted by Gasteiger charge is 2.37. The Morgan fingerprint density at radius 2 is 1.86 bits per heavy atom. The molecule has 1 aliphatic heterocycles. The number of imide groups is 2. The predicted molar refractivity (Wildman–Crippen MR) is 104 cm³/mol. The SMILES string of the molecule is COc1cccc(/C=C2\C(=O)NC(=O)N(c3ccc(C)cc3)C2=O)c1OCC#N. The number of amides is 4. The van der Waals surface area contributed by atoms with Crippen molar-refractivity contribution in [2.45, 2.75) is 6.92 Å². The maximum Gasteiger partial charge on any atom is 0.335 e. The molecule has 0 aromatic heterocycles. The second kappa shape index (κ2) is 8.27. The van der Waals surface area contributed by atoms with Gasteiger partial charge in [0.15, 0.2) is 18.1 Å². The number of hydrogen-bond acceptors (Lipinski definition) is 6. The first-order chi connectivity index (χ1) is 14.0. The van der Waals surface area contributed by atoms with Crippen molar-refractivity contribution in [2.24, 2.45) is 0 Å². The largest absolute Gasteiger partial charge is 0.493 e. The van der Waals surface area contributed by atoms with Crippen LogP contribution in [0.1, 0.15) is 11.1 Å². The molecule has 0 bridgehead atoms. The van der Waals surface area contributed by atoms with E-state index in [1.807, 2.05) is 13.0 Å². The van der Waals surface area contributed by atoms with E-state index in [-0.39, 0.29) is 17.9 Å². The zero-order valence-corrected chi connectivity index (χ0v) is 15.8. The van der Waals surface area contributed by atoms with Crippen molar-refractivity contribution in [3.63, 3.8) is 0 Å². The number of benzene rings is 2. The van der Waals surface area contributed by atoms with E-state index in [1.54, 1.807) is 42.5 Å². The molecule has 1 saturated heterocycles. The van der Waals surface area contributed by atoms with Crippen LogP contribution >= 0.6 is 0 Å². The minimum Gasteiger partial charge on any atom is -0.493 e. The van der Waals surface area contributed by atoms with Gasteiger partial charge in [-0.05, 0) is 31.2 Å². The van der Waals surface area contributed by atoms with Crippen LogP contribution in [0.4, 0.5) is 10.5 Å². The molecule has 0 atom stereocenters. The Bertz CT molecular complexity index is 1050. The van der Waals surface area contributed by atoms with Gasteiger partial charge in [0, 0.05) is 5.56 Å². The van der Waals surface area contributed by atoms with Crippen LogP contribution in [0.5, 0.6) is 11.5 Å². The Hall–Kier alpha value is -4.12. The number of methoxy groups -OCH3 is 1. The number of urea groups is 1. The van der Waals surface area contributed by atoms with Gasteiger partial charge >= 0.3 is 6.03 Å². The van der Waals surface area contributed by atoms with Crippen LogP contribution in [0.25, 0.3) is 6.08 Å². The normalized spacial score (nSPS) is 15.1. The lowest BCUT2D eigenvalue weighted by molar-refractivity contribution is -0.122. The molecule has 8 nitrogen and oxygen atoms in total. The van der Waals surface area contributed by atoms with Crippen LogP contribution in [-0.4, -0.2) is 31.6 Å². The van der Waals surface area contributed by atoms with Gasteiger partial charge < -0.3 is 9.47 Å². The van der Waals surface area contributed by atoms with Gasteiger partial charge in [-0.25, -0.2) is 9.69 Å². The van der Waals surface area contributed by atoms with E-state index in [2.05, 4.69) is 5.32 Å². The number of rotatable bonds is 5. The summed E-state index contributed by atoms with van der Waals surface area (Å²) >= 11 is 0. The summed E-state index contributed by atoms with van der Waals surface area (Å²) in [6, 6.07) is 12.7. The molecular formula is C21H17N3O5. The van der Waals surface area contributed by atoms with E-state index >= 15 is 0 Å². The molecule has 1 heterocycles. The lowest BCUT2D eigenvalue weighted by Crippen LogP contribution is -2.54. The molecule has 146 valence electrons. The summed E-state index contributed by atoms with van der Waals surface area (Å²) in [5.74, 6) is -1.04. The Balaban J connectivity index is 2.05. The molecule has 8 heteroatoms. The maximum atomic E-state index is 13.0. The molecule has 2 aromatic rings. The van der Waals surface area contributed by atoms with Gasteiger partial charge in [0.25, 0.3) is 11.8 Å². The number of carbonyl (C=O) groups excluding carboxylic acids is 3. The zero-order valence-electron chi connectivity index (χ0n) is 15.8. The molecule has 1 fully saturated rings. The highest BCUT2D eigenvalue weighted by molar-refractivity contribution is 6.39. The van der Waals surface area contributed by atoms with Crippen molar-refractivity contribution in [2.75, 3.05) is 18.6 Å². The number of hydrogen-bond donors (Lipinski definition) is 1. The second-order valence-electron chi connectivity index (χ2n) is 6.12. The molecule has 0 spiro atoms. The first kappa shape index (κ1) is 19.6. The highest BCUT2D eigenvalue weighted by Crippen LogP contribution is 2.33. The number of ether oxygens (including phenoxy) is 2. The Labute approximate surface area is 166 Å². The smallest absolute Gasteiger partial charge is 0.335 e. The molecule has 0 radical (unpaired) electrons. The Morgan fingerprint density at radius 3 is 2.52 bits per heavy atom. The van der Waals surface area contributed by atoms with Gasteiger partial charge in [-0.1, -0.05) is 29.8 Å². The van der Waals surface area contributed by atoms with E-state index in [0.717, 1.165) is 10.5 Å².